The predicted octanol–water partition coefficient (Wildman–Crippen LogP) is 0.165. The van der Waals surface area contributed by atoms with E-state index in [0.717, 1.165) is 0 Å². The van der Waals surface area contributed by atoms with E-state index in [9.17, 15) is 19.6 Å². The fourth-order valence-corrected chi connectivity index (χ4v) is 2.42. The maximum atomic E-state index is 12.3. The number of carbonyl (C=O) groups is 2. The SMILES string of the molecule is COC(=O)C1=C(C(=O)OC)N(c2ccc(C)c(B(O)O)c2)C=CC=C1. The highest BCUT2D eigenvalue weighted by atomic mass is 16.5. The van der Waals surface area contributed by atoms with E-state index in [4.69, 9.17) is 9.47 Å². The minimum absolute atomic E-state index is 0.0195. The standard InChI is InChI=1S/C17H18BNO6/c1-11-7-8-12(10-14(11)18(22)23)19-9-5-4-6-13(16(20)24-2)15(19)17(21)25-3/h4-10,22-23H,1-3H3. The van der Waals surface area contributed by atoms with Crippen LogP contribution >= 0.6 is 0 Å². The first-order valence-electron chi connectivity index (χ1n) is 7.42. The van der Waals surface area contributed by atoms with Crippen molar-refractivity contribution in [3.05, 3.63) is 59.5 Å². The molecule has 1 aliphatic heterocycles. The molecular weight excluding hydrogens is 325 g/mol. The van der Waals surface area contributed by atoms with Crippen molar-refractivity contribution in [2.75, 3.05) is 19.1 Å². The maximum absolute atomic E-state index is 12.3. The van der Waals surface area contributed by atoms with Crippen molar-refractivity contribution >= 4 is 30.2 Å². The Morgan fingerprint density at radius 3 is 2.36 bits per heavy atom. The van der Waals surface area contributed by atoms with E-state index in [1.807, 2.05) is 0 Å². The molecule has 25 heavy (non-hydrogen) atoms. The monoisotopic (exact) mass is 343 g/mol. The quantitative estimate of drug-likeness (QED) is 0.594. The van der Waals surface area contributed by atoms with Gasteiger partial charge >= 0.3 is 19.1 Å². The minimum atomic E-state index is -1.67. The molecule has 0 unspecified atom stereocenters. The van der Waals surface area contributed by atoms with Crippen LogP contribution in [0.15, 0.2) is 53.9 Å². The fraction of sp³-hybridized carbons (Fsp3) is 0.176. The summed E-state index contributed by atoms with van der Waals surface area (Å²) in [5.74, 6) is -1.43. The molecule has 0 aromatic heterocycles. The first-order chi connectivity index (χ1) is 11.9. The van der Waals surface area contributed by atoms with Crippen LogP contribution in [0.4, 0.5) is 5.69 Å². The molecule has 0 bridgehead atoms. The van der Waals surface area contributed by atoms with E-state index in [1.165, 1.54) is 31.3 Å². The van der Waals surface area contributed by atoms with Gasteiger partial charge in [-0.15, -0.1) is 0 Å². The van der Waals surface area contributed by atoms with Crippen LogP contribution in [0.25, 0.3) is 0 Å². The third kappa shape index (κ3) is 3.81. The molecule has 0 amide bonds. The Kier molecular flexibility index (Phi) is 5.79. The number of carbonyl (C=O) groups excluding carboxylic acids is 2. The van der Waals surface area contributed by atoms with E-state index in [-0.39, 0.29) is 16.7 Å². The average Bonchev–Trinajstić information content (AvgIpc) is 2.83. The summed E-state index contributed by atoms with van der Waals surface area (Å²) in [5.41, 5.74) is 1.39. The van der Waals surface area contributed by atoms with E-state index in [1.54, 1.807) is 37.4 Å². The highest BCUT2D eigenvalue weighted by molar-refractivity contribution is 6.59. The molecular formula is C17H18BNO6. The van der Waals surface area contributed by atoms with Gasteiger partial charge in [-0.25, -0.2) is 9.59 Å². The fourth-order valence-electron chi connectivity index (χ4n) is 2.42. The molecule has 0 radical (unpaired) electrons. The number of aryl methyl sites for hydroxylation is 1. The van der Waals surface area contributed by atoms with Gasteiger partial charge in [0.05, 0.1) is 19.8 Å². The molecule has 0 atom stereocenters. The van der Waals surface area contributed by atoms with Crippen LogP contribution in [0.5, 0.6) is 0 Å². The van der Waals surface area contributed by atoms with Crippen molar-refractivity contribution in [3.8, 4) is 0 Å². The second kappa shape index (κ2) is 7.82. The van der Waals surface area contributed by atoms with Gasteiger partial charge in [-0.1, -0.05) is 17.7 Å². The van der Waals surface area contributed by atoms with Crippen molar-refractivity contribution in [3.63, 3.8) is 0 Å². The van der Waals surface area contributed by atoms with Gasteiger partial charge in [-0.05, 0) is 36.7 Å². The van der Waals surface area contributed by atoms with Crippen LogP contribution in [-0.2, 0) is 19.1 Å². The van der Waals surface area contributed by atoms with Crippen LogP contribution in [0, 0.1) is 6.92 Å². The number of nitrogens with zero attached hydrogens (tertiary/aromatic N) is 1. The second-order valence-corrected chi connectivity index (χ2v) is 5.23. The average molecular weight is 343 g/mol. The van der Waals surface area contributed by atoms with E-state index >= 15 is 0 Å². The summed E-state index contributed by atoms with van der Waals surface area (Å²) in [6.07, 6.45) is 6.24. The summed E-state index contributed by atoms with van der Waals surface area (Å²) >= 11 is 0. The molecule has 2 N–H and O–H groups in total. The van der Waals surface area contributed by atoms with E-state index in [0.29, 0.717) is 11.3 Å². The van der Waals surface area contributed by atoms with Gasteiger partial charge in [-0.2, -0.15) is 0 Å². The normalized spacial score (nSPS) is 13.6. The summed E-state index contributed by atoms with van der Waals surface area (Å²) < 4.78 is 9.56. The highest BCUT2D eigenvalue weighted by Crippen LogP contribution is 2.26. The van der Waals surface area contributed by atoms with Crippen molar-refractivity contribution in [2.24, 2.45) is 0 Å². The lowest BCUT2D eigenvalue weighted by Crippen LogP contribution is -2.33. The molecule has 0 saturated heterocycles. The maximum Gasteiger partial charge on any atom is 0.488 e. The van der Waals surface area contributed by atoms with Crippen LogP contribution in [0.1, 0.15) is 5.56 Å². The number of hydrogen-bond acceptors (Lipinski definition) is 7. The zero-order chi connectivity index (χ0) is 18.6. The zero-order valence-corrected chi connectivity index (χ0v) is 14.1. The molecule has 0 fully saturated rings. The minimum Gasteiger partial charge on any atom is -0.465 e. The van der Waals surface area contributed by atoms with E-state index in [2.05, 4.69) is 0 Å². The van der Waals surface area contributed by atoms with Crippen LogP contribution in [-0.4, -0.2) is 43.3 Å². The summed E-state index contributed by atoms with van der Waals surface area (Å²) in [6.45, 7) is 1.73. The van der Waals surface area contributed by atoms with Crippen molar-refractivity contribution in [1.29, 1.82) is 0 Å². The Balaban J connectivity index is 2.67. The number of benzene rings is 1. The van der Waals surface area contributed by atoms with Crippen molar-refractivity contribution in [2.45, 2.75) is 6.92 Å². The summed E-state index contributed by atoms with van der Waals surface area (Å²) in [6, 6.07) is 4.89. The number of hydrogen-bond donors (Lipinski definition) is 2. The molecule has 1 aromatic rings. The number of anilines is 1. The topological polar surface area (TPSA) is 96.3 Å². The van der Waals surface area contributed by atoms with Gasteiger partial charge in [0.25, 0.3) is 0 Å². The van der Waals surface area contributed by atoms with Crippen LogP contribution < -0.4 is 10.4 Å². The van der Waals surface area contributed by atoms with E-state index < -0.39 is 19.1 Å². The van der Waals surface area contributed by atoms with Gasteiger partial charge in [0, 0.05) is 11.9 Å². The lowest BCUT2D eigenvalue weighted by Gasteiger charge is -2.24. The van der Waals surface area contributed by atoms with Crippen molar-refractivity contribution in [1.82, 2.24) is 0 Å². The Labute approximate surface area is 145 Å². The molecule has 130 valence electrons. The van der Waals surface area contributed by atoms with Crippen LogP contribution in [0.3, 0.4) is 0 Å². The molecule has 0 saturated carbocycles. The molecule has 7 nitrogen and oxygen atoms in total. The summed E-state index contributed by atoms with van der Waals surface area (Å²) in [7, 11) is 0.755. The molecule has 1 aromatic carbocycles. The third-order valence-electron chi connectivity index (χ3n) is 3.71. The van der Waals surface area contributed by atoms with Gasteiger partial charge in [0.15, 0.2) is 0 Å². The van der Waals surface area contributed by atoms with Crippen LogP contribution in [0.2, 0.25) is 0 Å². The first kappa shape index (κ1) is 18.5. The van der Waals surface area contributed by atoms with Gasteiger partial charge in [-0.3, -0.25) is 0 Å². The lowest BCUT2D eigenvalue weighted by atomic mass is 9.77. The zero-order valence-electron chi connectivity index (χ0n) is 14.1. The number of esters is 2. The van der Waals surface area contributed by atoms with Gasteiger partial charge in [0.1, 0.15) is 5.70 Å². The molecule has 1 aliphatic rings. The molecule has 2 rings (SSSR count). The highest BCUT2D eigenvalue weighted by Gasteiger charge is 2.28. The number of allylic oxidation sites excluding steroid dienone is 2. The molecule has 0 spiro atoms. The van der Waals surface area contributed by atoms with Crippen molar-refractivity contribution < 1.29 is 29.1 Å². The van der Waals surface area contributed by atoms with Gasteiger partial charge in [0.2, 0.25) is 0 Å². The largest absolute Gasteiger partial charge is 0.488 e. The molecule has 1 heterocycles. The number of methoxy groups -OCH3 is 2. The molecule has 0 aliphatic carbocycles. The third-order valence-corrected chi connectivity index (χ3v) is 3.71. The number of rotatable bonds is 4. The second-order valence-electron chi connectivity index (χ2n) is 5.23. The molecule has 8 heteroatoms. The Hall–Kier alpha value is -2.84. The number of ether oxygens (including phenoxy) is 2. The summed E-state index contributed by atoms with van der Waals surface area (Å²) in [4.78, 5) is 25.8. The van der Waals surface area contributed by atoms with Gasteiger partial charge < -0.3 is 24.4 Å². The lowest BCUT2D eigenvalue weighted by molar-refractivity contribution is -0.139. The smallest absolute Gasteiger partial charge is 0.465 e. The summed E-state index contributed by atoms with van der Waals surface area (Å²) in [5, 5.41) is 19.0. The Morgan fingerprint density at radius 2 is 1.76 bits per heavy atom. The predicted molar refractivity (Wildman–Crippen MR) is 92.8 cm³/mol. The Bertz CT molecular complexity index is 781. The first-order valence-corrected chi connectivity index (χ1v) is 7.42. The Morgan fingerprint density at radius 1 is 1.08 bits per heavy atom.